The van der Waals surface area contributed by atoms with Gasteiger partial charge in [0, 0.05) is 0 Å². The van der Waals surface area contributed by atoms with Crippen LogP contribution < -0.4 is 5.32 Å². The van der Waals surface area contributed by atoms with Gasteiger partial charge in [-0.15, -0.1) is 0 Å². The lowest BCUT2D eigenvalue weighted by Gasteiger charge is -2.49. The maximum atomic E-state index is 10.9. The Morgan fingerprint density at radius 3 is 2.05 bits per heavy atom. The average Bonchev–Trinajstić information content (AvgIpc) is 3.01. The van der Waals surface area contributed by atoms with Crippen molar-refractivity contribution in [1.82, 2.24) is 5.32 Å². The number of hydrogen-bond acceptors (Lipinski definition) is 19. The Morgan fingerprint density at radius 2 is 1.43 bits per heavy atom. The molecule has 3 saturated heterocycles. The Labute approximate surface area is 250 Å². The van der Waals surface area contributed by atoms with Gasteiger partial charge in [-0.25, -0.2) is 0 Å². The Kier molecular flexibility index (Phi) is 11.7. The summed E-state index contributed by atoms with van der Waals surface area (Å²) in [4.78, 5) is 0. The van der Waals surface area contributed by atoms with Crippen LogP contribution in [-0.2, 0) is 23.7 Å². The van der Waals surface area contributed by atoms with Gasteiger partial charge in [0.05, 0.1) is 44.6 Å². The van der Waals surface area contributed by atoms with Crippen LogP contribution in [0.25, 0.3) is 0 Å². The van der Waals surface area contributed by atoms with Crippen molar-refractivity contribution >= 4 is 0 Å². The summed E-state index contributed by atoms with van der Waals surface area (Å²) in [7, 11) is 0. The highest BCUT2D eigenvalue weighted by atomic mass is 16.7. The molecule has 0 saturated carbocycles. The Hall–Kier alpha value is -1.02. The minimum absolute atomic E-state index is 0.0213. The molecule has 0 aromatic rings. The predicted octanol–water partition coefficient (Wildman–Crippen LogP) is -8.56. The molecule has 18 atom stereocenters. The first-order valence-corrected chi connectivity index (χ1v) is 14.1. The van der Waals surface area contributed by atoms with E-state index in [1.165, 1.54) is 13.0 Å². The molecular weight excluding hydrogens is 602 g/mol. The largest absolute Gasteiger partial charge is 0.394 e. The zero-order valence-electron chi connectivity index (χ0n) is 23.6. The second kappa shape index (κ2) is 14.4. The van der Waals surface area contributed by atoms with Crippen LogP contribution in [-0.4, -0.2) is 203 Å². The fourth-order valence-electron chi connectivity index (χ4n) is 5.76. The number of nitrogens with one attached hydrogen (secondary N) is 1. The van der Waals surface area contributed by atoms with Crippen molar-refractivity contribution in [3.05, 3.63) is 11.6 Å². The Balaban J connectivity index is 1.42. The first kappa shape index (κ1) is 35.8. The Bertz CT molecular complexity index is 975. The molecule has 4 rings (SSSR count). The molecule has 0 aromatic heterocycles. The molecule has 256 valence electrons. The van der Waals surface area contributed by atoms with Crippen LogP contribution in [0, 0.1) is 0 Å². The van der Waals surface area contributed by atoms with Crippen molar-refractivity contribution in [2.45, 2.75) is 117 Å². The molecule has 0 bridgehead atoms. The summed E-state index contributed by atoms with van der Waals surface area (Å²) in [6, 6.07) is -2.17. The molecule has 3 fully saturated rings. The molecule has 7 unspecified atom stereocenters. The van der Waals surface area contributed by atoms with Crippen LogP contribution in [0.4, 0.5) is 0 Å². The molecule has 44 heavy (non-hydrogen) atoms. The van der Waals surface area contributed by atoms with E-state index in [0.717, 1.165) is 0 Å². The van der Waals surface area contributed by atoms with Gasteiger partial charge in [-0.1, -0.05) is 6.08 Å². The van der Waals surface area contributed by atoms with Gasteiger partial charge in [-0.2, -0.15) is 0 Å². The highest BCUT2D eigenvalue weighted by molar-refractivity contribution is 5.22. The van der Waals surface area contributed by atoms with Crippen LogP contribution >= 0.6 is 0 Å². The van der Waals surface area contributed by atoms with Crippen LogP contribution in [0.5, 0.6) is 0 Å². The highest BCUT2D eigenvalue weighted by Crippen LogP contribution is 2.33. The van der Waals surface area contributed by atoms with Crippen molar-refractivity contribution < 1.29 is 90.1 Å². The number of hydrogen-bond donors (Lipinski definition) is 14. The third-order valence-electron chi connectivity index (χ3n) is 8.52. The summed E-state index contributed by atoms with van der Waals surface area (Å²) < 4.78 is 27.2. The predicted molar refractivity (Wildman–Crippen MR) is 138 cm³/mol. The van der Waals surface area contributed by atoms with E-state index in [4.69, 9.17) is 23.7 Å². The van der Waals surface area contributed by atoms with Gasteiger partial charge in [0.1, 0.15) is 73.2 Å². The number of aliphatic hydroxyl groups excluding tert-OH is 12. The van der Waals surface area contributed by atoms with E-state index >= 15 is 0 Å². The third kappa shape index (κ3) is 6.82. The lowest BCUT2D eigenvalue weighted by molar-refractivity contribution is -0.384. The maximum absolute atomic E-state index is 10.9. The molecule has 4 aliphatic rings. The van der Waals surface area contributed by atoms with Gasteiger partial charge in [0.15, 0.2) is 12.6 Å². The van der Waals surface area contributed by atoms with E-state index in [1.54, 1.807) is 0 Å². The highest BCUT2D eigenvalue weighted by Gasteiger charge is 2.55. The van der Waals surface area contributed by atoms with Crippen molar-refractivity contribution in [3.8, 4) is 0 Å². The molecule has 19 nitrogen and oxygen atoms in total. The molecule has 0 aromatic carbocycles. The minimum atomic E-state index is -2.50. The molecule has 3 heterocycles. The van der Waals surface area contributed by atoms with E-state index < -0.39 is 136 Å². The van der Waals surface area contributed by atoms with Crippen molar-refractivity contribution in [2.75, 3.05) is 26.4 Å². The monoisotopic (exact) mass is 645 g/mol. The van der Waals surface area contributed by atoms with E-state index in [9.17, 15) is 66.4 Å². The van der Waals surface area contributed by atoms with E-state index in [-0.39, 0.29) is 5.57 Å². The first-order chi connectivity index (χ1) is 20.7. The maximum Gasteiger partial charge on any atom is 0.218 e. The summed E-state index contributed by atoms with van der Waals surface area (Å²) >= 11 is 0. The molecular formula is C25H43NO18. The summed E-state index contributed by atoms with van der Waals surface area (Å²) in [5.74, 6) is -2.50. The molecule has 14 N–H and O–H groups in total. The van der Waals surface area contributed by atoms with Crippen LogP contribution in [0.1, 0.15) is 6.92 Å². The summed E-state index contributed by atoms with van der Waals surface area (Å²) in [5.41, 5.74) is 0.0213. The van der Waals surface area contributed by atoms with Crippen LogP contribution in [0.2, 0.25) is 0 Å². The fourth-order valence-corrected chi connectivity index (χ4v) is 5.76. The molecule has 0 radical (unpaired) electrons. The Morgan fingerprint density at radius 1 is 0.818 bits per heavy atom. The summed E-state index contributed by atoms with van der Waals surface area (Å²) in [5, 5.41) is 136. The molecule has 0 spiro atoms. The normalized spacial score (nSPS) is 52.0. The number of rotatable bonds is 9. The molecule has 19 heteroatoms. The molecule has 0 amide bonds. The van der Waals surface area contributed by atoms with E-state index in [2.05, 4.69) is 5.32 Å². The molecule has 1 aliphatic carbocycles. The zero-order valence-corrected chi connectivity index (χ0v) is 23.6. The molecule has 3 aliphatic heterocycles. The second-order valence-corrected chi connectivity index (χ2v) is 11.5. The van der Waals surface area contributed by atoms with Crippen LogP contribution in [0.3, 0.4) is 0 Å². The van der Waals surface area contributed by atoms with Crippen molar-refractivity contribution in [2.24, 2.45) is 0 Å². The lowest BCUT2D eigenvalue weighted by Crippen LogP contribution is -2.69. The van der Waals surface area contributed by atoms with Crippen molar-refractivity contribution in [1.29, 1.82) is 0 Å². The summed E-state index contributed by atoms with van der Waals surface area (Å²) in [6.45, 7) is -1.63. The lowest BCUT2D eigenvalue weighted by atomic mass is 9.86. The van der Waals surface area contributed by atoms with Gasteiger partial charge < -0.3 is 95.4 Å². The van der Waals surface area contributed by atoms with Gasteiger partial charge in [0.2, 0.25) is 5.79 Å². The van der Waals surface area contributed by atoms with Crippen LogP contribution in [0.15, 0.2) is 11.6 Å². The van der Waals surface area contributed by atoms with Gasteiger partial charge in [0.25, 0.3) is 0 Å². The average molecular weight is 646 g/mol. The standard InChI is InChI=1S/C25H43NO18/c1-7-12(26-9-2-8(3-27)13(31)16(34)14(9)32)15(33)18(36)23(41-7)44-21-11(4-28)42-24(19(37)17(21)35)43-20-10(30)5-40-25(39,6-29)22(20)38/h2,7,9-24,26-39H,3-6H2,1H3/t7?,9-,10+,11?,12+,13+,14?,15+,16+,17-,18?,19?,20-,21+,22?,23+,24-,25?/m0/s1. The smallest absolute Gasteiger partial charge is 0.218 e. The quantitative estimate of drug-likeness (QED) is 0.103. The van der Waals surface area contributed by atoms with E-state index in [1.807, 2.05) is 0 Å². The van der Waals surface area contributed by atoms with Gasteiger partial charge in [-0.05, 0) is 12.5 Å². The second-order valence-electron chi connectivity index (χ2n) is 11.5. The van der Waals surface area contributed by atoms with E-state index in [0.29, 0.717) is 0 Å². The minimum Gasteiger partial charge on any atom is -0.394 e. The zero-order chi connectivity index (χ0) is 32.7. The topological polar surface area (TPSA) is 321 Å². The van der Waals surface area contributed by atoms with Gasteiger partial charge >= 0.3 is 0 Å². The van der Waals surface area contributed by atoms with Crippen molar-refractivity contribution in [3.63, 3.8) is 0 Å². The third-order valence-corrected chi connectivity index (χ3v) is 8.52. The first-order valence-electron chi connectivity index (χ1n) is 14.1. The van der Waals surface area contributed by atoms with Gasteiger partial charge in [-0.3, -0.25) is 0 Å². The number of aliphatic hydroxyl groups is 13. The summed E-state index contributed by atoms with van der Waals surface area (Å²) in [6.07, 6.45) is -23.5. The fraction of sp³-hybridized carbons (Fsp3) is 0.920. The number of ether oxygens (including phenoxy) is 5. The SMILES string of the molecule is CC1O[C@H](O[C@@H]2C(CO)O[C@@H](O[C@@H]3C(O)C(O)(CO)OC[C@H]3O)C(O)[C@@H]2O)C(O)[C@H](O)[C@@H]1N[C@H]1C=C(CO)[C@@H](O)[C@@H](O)C1O.